The molecule has 0 radical (unpaired) electrons. The number of anilines is 1. The van der Waals surface area contributed by atoms with Crippen LogP contribution in [0.3, 0.4) is 0 Å². The van der Waals surface area contributed by atoms with E-state index in [2.05, 4.69) is 38.2 Å². The molecule has 2 aromatic heterocycles. The number of rotatable bonds is 5. The van der Waals surface area contributed by atoms with E-state index in [1.165, 1.54) is 11.1 Å². The zero-order chi connectivity index (χ0) is 21.3. The van der Waals surface area contributed by atoms with Crippen molar-refractivity contribution in [3.63, 3.8) is 0 Å². The molecule has 2 heterocycles. The molecule has 0 aliphatic rings. The highest BCUT2D eigenvalue weighted by atomic mass is 16.1. The van der Waals surface area contributed by atoms with Crippen molar-refractivity contribution in [3.8, 4) is 11.5 Å². The Morgan fingerprint density at radius 3 is 2.17 bits per heavy atom. The molecule has 5 nitrogen and oxygen atoms in total. The van der Waals surface area contributed by atoms with Gasteiger partial charge in [0.05, 0.1) is 11.4 Å². The molecule has 0 aliphatic carbocycles. The number of carbonyl (C=O) groups excluding carboxylic acids is 1. The van der Waals surface area contributed by atoms with E-state index in [-0.39, 0.29) is 5.91 Å². The van der Waals surface area contributed by atoms with Gasteiger partial charge in [0.25, 0.3) is 5.91 Å². The minimum atomic E-state index is -0.174. The predicted octanol–water partition coefficient (Wildman–Crippen LogP) is 5.66. The number of hydrogen-bond acceptors (Lipinski definition) is 2. The standard InChI is InChI=1S/C25H26N4O/c1-17(2)20-9-11-21(12-10-20)26-24(30)23-19(4)27-29(22-13-7-18(3)8-14-22)25(23)28-15-5-6-16-28/h5-17H,1-4H3,(H,26,30). The molecule has 4 aromatic rings. The maximum absolute atomic E-state index is 13.3. The normalized spacial score (nSPS) is 11.1. The molecule has 0 bridgehead atoms. The van der Waals surface area contributed by atoms with Gasteiger partial charge in [-0.2, -0.15) is 5.10 Å². The Labute approximate surface area is 177 Å². The maximum Gasteiger partial charge on any atom is 0.261 e. The van der Waals surface area contributed by atoms with Crippen molar-refractivity contribution in [1.82, 2.24) is 14.3 Å². The average molecular weight is 399 g/mol. The van der Waals surface area contributed by atoms with Crippen LogP contribution in [0.15, 0.2) is 73.1 Å². The first-order valence-electron chi connectivity index (χ1n) is 10.2. The lowest BCUT2D eigenvalue weighted by atomic mass is 10.0. The molecule has 1 amide bonds. The molecule has 1 N–H and O–H groups in total. The fourth-order valence-electron chi connectivity index (χ4n) is 3.51. The van der Waals surface area contributed by atoms with Gasteiger partial charge in [0.2, 0.25) is 0 Å². The Kier molecular flexibility index (Phi) is 5.27. The van der Waals surface area contributed by atoms with Crippen LogP contribution in [-0.4, -0.2) is 20.3 Å². The van der Waals surface area contributed by atoms with Crippen molar-refractivity contribution < 1.29 is 4.79 Å². The fourth-order valence-corrected chi connectivity index (χ4v) is 3.51. The Morgan fingerprint density at radius 2 is 1.57 bits per heavy atom. The smallest absolute Gasteiger partial charge is 0.261 e. The molecule has 2 aromatic carbocycles. The lowest BCUT2D eigenvalue weighted by Gasteiger charge is -2.12. The summed E-state index contributed by atoms with van der Waals surface area (Å²) in [7, 11) is 0. The van der Waals surface area contributed by atoms with Gasteiger partial charge in [-0.3, -0.25) is 4.79 Å². The molecular weight excluding hydrogens is 372 g/mol. The molecule has 152 valence electrons. The van der Waals surface area contributed by atoms with E-state index in [4.69, 9.17) is 5.10 Å². The number of carbonyl (C=O) groups is 1. The third-order valence-corrected chi connectivity index (χ3v) is 5.23. The molecule has 0 unspecified atom stereocenters. The largest absolute Gasteiger partial charge is 0.322 e. The number of aryl methyl sites for hydroxylation is 2. The second-order valence-corrected chi connectivity index (χ2v) is 7.85. The van der Waals surface area contributed by atoms with Gasteiger partial charge in [0, 0.05) is 18.1 Å². The van der Waals surface area contributed by atoms with Gasteiger partial charge >= 0.3 is 0 Å². The topological polar surface area (TPSA) is 51.9 Å². The molecular formula is C25H26N4O. The van der Waals surface area contributed by atoms with Crippen LogP contribution in [0.25, 0.3) is 11.5 Å². The minimum absolute atomic E-state index is 0.174. The van der Waals surface area contributed by atoms with Crippen molar-refractivity contribution >= 4 is 11.6 Å². The van der Waals surface area contributed by atoms with E-state index in [9.17, 15) is 4.79 Å². The van der Waals surface area contributed by atoms with Gasteiger partial charge in [-0.25, -0.2) is 4.68 Å². The number of nitrogens with one attached hydrogen (secondary N) is 1. The fraction of sp³-hybridized carbons (Fsp3) is 0.200. The van der Waals surface area contributed by atoms with Crippen LogP contribution in [0, 0.1) is 13.8 Å². The Hall–Kier alpha value is -3.60. The highest BCUT2D eigenvalue weighted by Crippen LogP contribution is 2.25. The predicted molar refractivity (Wildman–Crippen MR) is 121 cm³/mol. The highest BCUT2D eigenvalue weighted by molar-refractivity contribution is 6.07. The van der Waals surface area contributed by atoms with Crippen LogP contribution in [0.2, 0.25) is 0 Å². The summed E-state index contributed by atoms with van der Waals surface area (Å²) in [5, 5.41) is 7.74. The molecule has 0 spiro atoms. The summed E-state index contributed by atoms with van der Waals surface area (Å²) in [4.78, 5) is 13.3. The summed E-state index contributed by atoms with van der Waals surface area (Å²) in [6, 6.07) is 20.0. The Balaban J connectivity index is 1.75. The van der Waals surface area contributed by atoms with Gasteiger partial charge in [0.15, 0.2) is 5.82 Å². The van der Waals surface area contributed by atoms with Gasteiger partial charge in [-0.15, -0.1) is 0 Å². The van der Waals surface area contributed by atoms with Crippen molar-refractivity contribution in [1.29, 1.82) is 0 Å². The first-order valence-corrected chi connectivity index (χ1v) is 10.2. The summed E-state index contributed by atoms with van der Waals surface area (Å²) in [6.45, 7) is 8.22. The molecule has 0 atom stereocenters. The van der Waals surface area contributed by atoms with Crippen LogP contribution in [0.4, 0.5) is 5.69 Å². The first kappa shape index (κ1) is 19.7. The molecule has 4 rings (SSSR count). The van der Waals surface area contributed by atoms with Crippen LogP contribution >= 0.6 is 0 Å². The molecule has 0 aliphatic heterocycles. The second kappa shape index (κ2) is 8.03. The summed E-state index contributed by atoms with van der Waals surface area (Å²) in [5.41, 5.74) is 5.32. The van der Waals surface area contributed by atoms with E-state index in [1.54, 1.807) is 0 Å². The zero-order valence-electron chi connectivity index (χ0n) is 17.8. The molecule has 0 fully saturated rings. The van der Waals surface area contributed by atoms with Crippen molar-refractivity contribution in [2.24, 2.45) is 0 Å². The number of amides is 1. The van der Waals surface area contributed by atoms with E-state index in [1.807, 2.05) is 77.1 Å². The van der Waals surface area contributed by atoms with Crippen LogP contribution in [0.1, 0.15) is 46.9 Å². The van der Waals surface area contributed by atoms with Crippen molar-refractivity contribution in [3.05, 3.63) is 95.4 Å². The number of aromatic nitrogens is 3. The van der Waals surface area contributed by atoms with Crippen LogP contribution < -0.4 is 5.32 Å². The van der Waals surface area contributed by atoms with E-state index in [0.717, 1.165) is 17.2 Å². The van der Waals surface area contributed by atoms with Crippen molar-refractivity contribution in [2.75, 3.05) is 5.32 Å². The monoisotopic (exact) mass is 398 g/mol. The highest BCUT2D eigenvalue weighted by Gasteiger charge is 2.23. The zero-order valence-corrected chi connectivity index (χ0v) is 17.8. The van der Waals surface area contributed by atoms with Crippen molar-refractivity contribution in [2.45, 2.75) is 33.6 Å². The molecule has 0 saturated heterocycles. The third-order valence-electron chi connectivity index (χ3n) is 5.23. The number of hydrogen-bond donors (Lipinski definition) is 1. The summed E-state index contributed by atoms with van der Waals surface area (Å²) in [5.74, 6) is 0.995. The first-order chi connectivity index (χ1) is 14.4. The number of benzene rings is 2. The molecule has 5 heteroatoms. The summed E-state index contributed by atoms with van der Waals surface area (Å²) >= 11 is 0. The SMILES string of the molecule is Cc1ccc(-n2nc(C)c(C(=O)Nc3ccc(C(C)C)cc3)c2-n2cccc2)cc1. The quantitative estimate of drug-likeness (QED) is 0.472. The van der Waals surface area contributed by atoms with E-state index in [0.29, 0.717) is 17.2 Å². The van der Waals surface area contributed by atoms with E-state index >= 15 is 0 Å². The third kappa shape index (κ3) is 3.79. The maximum atomic E-state index is 13.3. The van der Waals surface area contributed by atoms with Gasteiger partial charge < -0.3 is 9.88 Å². The minimum Gasteiger partial charge on any atom is -0.322 e. The lowest BCUT2D eigenvalue weighted by Crippen LogP contribution is -2.16. The molecule has 0 saturated carbocycles. The number of nitrogens with zero attached hydrogens (tertiary/aromatic N) is 3. The van der Waals surface area contributed by atoms with Gasteiger partial charge in [0.1, 0.15) is 5.56 Å². The van der Waals surface area contributed by atoms with Gasteiger partial charge in [-0.05, 0) is 61.7 Å². The van der Waals surface area contributed by atoms with Crippen LogP contribution in [0.5, 0.6) is 0 Å². The summed E-state index contributed by atoms with van der Waals surface area (Å²) in [6.07, 6.45) is 3.85. The average Bonchev–Trinajstić information content (AvgIpc) is 3.36. The second-order valence-electron chi connectivity index (χ2n) is 7.85. The van der Waals surface area contributed by atoms with Crippen LogP contribution in [-0.2, 0) is 0 Å². The van der Waals surface area contributed by atoms with Gasteiger partial charge in [-0.1, -0.05) is 43.7 Å². The van der Waals surface area contributed by atoms with E-state index < -0.39 is 0 Å². The Morgan fingerprint density at radius 1 is 0.933 bits per heavy atom. The summed E-state index contributed by atoms with van der Waals surface area (Å²) < 4.78 is 3.75. The Bertz CT molecular complexity index is 1150. The lowest BCUT2D eigenvalue weighted by molar-refractivity contribution is 0.102. The molecule has 30 heavy (non-hydrogen) atoms.